The summed E-state index contributed by atoms with van der Waals surface area (Å²) in [6.45, 7) is 1.72. The van der Waals surface area contributed by atoms with Crippen LogP contribution in [0.3, 0.4) is 0 Å². The number of ether oxygens (including phenoxy) is 1. The zero-order chi connectivity index (χ0) is 23.8. The molecule has 0 atom stereocenters. The second kappa shape index (κ2) is 11.0. The Bertz CT molecular complexity index is 1250. The third-order valence-electron chi connectivity index (χ3n) is 4.54. The first-order valence-electron chi connectivity index (χ1n) is 9.85. The number of benzene rings is 3. The van der Waals surface area contributed by atoms with E-state index in [1.165, 1.54) is 30.3 Å². The molecule has 0 aliphatic heterocycles. The van der Waals surface area contributed by atoms with Crippen LogP contribution >= 0.6 is 15.9 Å². The summed E-state index contributed by atoms with van der Waals surface area (Å²) >= 11 is 3.39. The minimum atomic E-state index is -0.576. The molecule has 3 rings (SSSR count). The van der Waals surface area contributed by atoms with Crippen molar-refractivity contribution in [1.29, 1.82) is 5.26 Å². The maximum Gasteiger partial charge on any atom is 0.266 e. The van der Waals surface area contributed by atoms with Crippen molar-refractivity contribution < 1.29 is 19.4 Å². The highest BCUT2D eigenvalue weighted by Gasteiger charge is 2.11. The minimum Gasteiger partial charge on any atom is -0.508 e. The number of nitriles is 1. The van der Waals surface area contributed by atoms with Crippen molar-refractivity contribution in [3.05, 3.63) is 87.9 Å². The van der Waals surface area contributed by atoms with Crippen molar-refractivity contribution in [2.24, 2.45) is 0 Å². The number of halogens is 1. The van der Waals surface area contributed by atoms with Crippen molar-refractivity contribution >= 4 is 45.2 Å². The van der Waals surface area contributed by atoms with Gasteiger partial charge in [-0.05, 0) is 82.5 Å². The maximum atomic E-state index is 12.4. The Hall–Kier alpha value is -4.09. The highest BCUT2D eigenvalue weighted by atomic mass is 79.9. The number of aryl methyl sites for hydroxylation is 1. The number of phenolic OH excluding ortho intramolecular Hbond substituents is 1. The summed E-state index contributed by atoms with van der Waals surface area (Å²) in [5.74, 6) is -0.353. The second-order valence-electron chi connectivity index (χ2n) is 7.01. The molecule has 166 valence electrons. The highest BCUT2D eigenvalue weighted by molar-refractivity contribution is 9.10. The number of amides is 2. The molecule has 0 saturated heterocycles. The maximum absolute atomic E-state index is 12.4. The molecule has 0 aromatic heterocycles. The first kappa shape index (κ1) is 23.6. The van der Waals surface area contributed by atoms with Gasteiger partial charge in [-0.2, -0.15) is 5.26 Å². The van der Waals surface area contributed by atoms with Gasteiger partial charge in [0.25, 0.3) is 11.8 Å². The Kier molecular flexibility index (Phi) is 7.84. The number of carbonyl (C=O) groups excluding carboxylic acids is 2. The summed E-state index contributed by atoms with van der Waals surface area (Å²) in [5, 5.41) is 24.1. The average Bonchev–Trinajstić information content (AvgIpc) is 2.80. The molecule has 0 saturated carbocycles. The molecular weight excluding hydrogens is 486 g/mol. The number of nitrogens with zero attached hydrogens (tertiary/aromatic N) is 1. The first-order valence-corrected chi connectivity index (χ1v) is 10.6. The van der Waals surface area contributed by atoms with Crippen molar-refractivity contribution in [2.75, 3.05) is 17.2 Å². The molecule has 0 radical (unpaired) electrons. The number of hydrogen-bond donors (Lipinski definition) is 3. The smallest absolute Gasteiger partial charge is 0.266 e. The Balaban J connectivity index is 1.63. The third-order valence-corrected chi connectivity index (χ3v) is 5.15. The quantitative estimate of drug-likeness (QED) is 0.237. The van der Waals surface area contributed by atoms with Gasteiger partial charge in [-0.3, -0.25) is 9.59 Å². The number of anilines is 2. The van der Waals surface area contributed by atoms with Crippen LogP contribution in [0.2, 0.25) is 0 Å². The lowest BCUT2D eigenvalue weighted by Gasteiger charge is -2.11. The summed E-state index contributed by atoms with van der Waals surface area (Å²) < 4.78 is 6.15. The van der Waals surface area contributed by atoms with Gasteiger partial charge in [0.15, 0.2) is 6.61 Å². The number of nitrogens with one attached hydrogen (secondary N) is 2. The number of rotatable bonds is 7. The van der Waals surface area contributed by atoms with Gasteiger partial charge < -0.3 is 20.5 Å². The van der Waals surface area contributed by atoms with E-state index in [1.54, 1.807) is 18.2 Å². The van der Waals surface area contributed by atoms with E-state index in [0.29, 0.717) is 21.5 Å². The van der Waals surface area contributed by atoms with Crippen LogP contribution < -0.4 is 15.4 Å². The van der Waals surface area contributed by atoms with Crippen molar-refractivity contribution in [1.82, 2.24) is 0 Å². The summed E-state index contributed by atoms with van der Waals surface area (Å²) in [6, 6.07) is 20.2. The fourth-order valence-corrected chi connectivity index (χ4v) is 3.34. The van der Waals surface area contributed by atoms with Crippen LogP contribution in [0.15, 0.2) is 76.8 Å². The van der Waals surface area contributed by atoms with Crippen LogP contribution in [-0.2, 0) is 9.59 Å². The molecule has 0 unspecified atom stereocenters. The van der Waals surface area contributed by atoms with Crippen LogP contribution in [0.4, 0.5) is 11.4 Å². The lowest BCUT2D eigenvalue weighted by Crippen LogP contribution is -2.20. The molecule has 3 aromatic carbocycles. The molecule has 0 aliphatic carbocycles. The molecular formula is C25H20BrN3O4. The predicted octanol–water partition coefficient (Wildman–Crippen LogP) is 5.03. The Morgan fingerprint density at radius 1 is 1.09 bits per heavy atom. The van der Waals surface area contributed by atoms with Crippen molar-refractivity contribution in [3.63, 3.8) is 0 Å². The summed E-state index contributed by atoms with van der Waals surface area (Å²) in [4.78, 5) is 24.6. The number of carbonyl (C=O) groups is 2. The van der Waals surface area contributed by atoms with E-state index in [-0.39, 0.29) is 23.8 Å². The molecule has 8 heteroatoms. The largest absolute Gasteiger partial charge is 0.508 e. The number of hydrogen-bond acceptors (Lipinski definition) is 5. The van der Waals surface area contributed by atoms with Gasteiger partial charge in [-0.15, -0.1) is 0 Å². The average molecular weight is 506 g/mol. The van der Waals surface area contributed by atoms with Gasteiger partial charge in [-0.1, -0.05) is 24.3 Å². The Morgan fingerprint density at radius 2 is 1.82 bits per heavy atom. The molecule has 0 fully saturated rings. The molecule has 3 N–H and O–H groups in total. The van der Waals surface area contributed by atoms with E-state index in [9.17, 15) is 20.0 Å². The van der Waals surface area contributed by atoms with E-state index >= 15 is 0 Å². The number of phenols is 1. The van der Waals surface area contributed by atoms with Crippen LogP contribution in [0, 0.1) is 18.3 Å². The topological polar surface area (TPSA) is 111 Å². The molecule has 2 amide bonds. The Labute approximate surface area is 199 Å². The summed E-state index contributed by atoms with van der Waals surface area (Å²) in [6.07, 6.45) is 1.44. The highest BCUT2D eigenvalue weighted by Crippen LogP contribution is 2.27. The van der Waals surface area contributed by atoms with Crippen LogP contribution in [0.25, 0.3) is 6.08 Å². The zero-order valence-electron chi connectivity index (χ0n) is 17.6. The van der Waals surface area contributed by atoms with Gasteiger partial charge in [0.1, 0.15) is 23.1 Å². The third kappa shape index (κ3) is 6.69. The van der Waals surface area contributed by atoms with Crippen molar-refractivity contribution in [3.8, 4) is 17.6 Å². The van der Waals surface area contributed by atoms with Gasteiger partial charge in [-0.25, -0.2) is 0 Å². The van der Waals surface area contributed by atoms with Crippen molar-refractivity contribution in [2.45, 2.75) is 6.92 Å². The molecule has 0 heterocycles. The fourth-order valence-electron chi connectivity index (χ4n) is 2.83. The molecule has 0 aliphatic rings. The molecule has 3 aromatic rings. The lowest BCUT2D eigenvalue weighted by molar-refractivity contribution is -0.118. The summed E-state index contributed by atoms with van der Waals surface area (Å²) in [7, 11) is 0. The van der Waals surface area contributed by atoms with Gasteiger partial charge in [0, 0.05) is 11.4 Å². The van der Waals surface area contributed by atoms with Crippen LogP contribution in [0.1, 0.15) is 11.1 Å². The predicted molar refractivity (Wildman–Crippen MR) is 130 cm³/mol. The van der Waals surface area contributed by atoms with Gasteiger partial charge in [0.2, 0.25) is 0 Å². The molecule has 0 spiro atoms. The normalized spacial score (nSPS) is 10.8. The summed E-state index contributed by atoms with van der Waals surface area (Å²) in [5.41, 5.74) is 2.62. The minimum absolute atomic E-state index is 0.0730. The number of para-hydroxylation sites is 1. The van der Waals surface area contributed by atoms with E-state index in [2.05, 4.69) is 26.6 Å². The molecule has 0 bridgehead atoms. The van der Waals surface area contributed by atoms with Gasteiger partial charge >= 0.3 is 0 Å². The van der Waals surface area contributed by atoms with E-state index in [0.717, 1.165) is 11.3 Å². The van der Waals surface area contributed by atoms with Gasteiger partial charge in [0.05, 0.1) is 4.47 Å². The molecule has 33 heavy (non-hydrogen) atoms. The second-order valence-corrected chi connectivity index (χ2v) is 7.87. The Morgan fingerprint density at radius 3 is 2.48 bits per heavy atom. The lowest BCUT2D eigenvalue weighted by atomic mass is 10.1. The van der Waals surface area contributed by atoms with Crippen LogP contribution in [-0.4, -0.2) is 23.5 Å². The van der Waals surface area contributed by atoms with Crippen LogP contribution in [0.5, 0.6) is 11.5 Å². The number of aromatic hydroxyl groups is 1. The first-order chi connectivity index (χ1) is 15.9. The van der Waals surface area contributed by atoms with E-state index in [1.807, 2.05) is 37.3 Å². The molecule has 7 nitrogen and oxygen atoms in total. The fraction of sp³-hybridized carbons (Fsp3) is 0.0800. The monoisotopic (exact) mass is 505 g/mol. The SMILES string of the molecule is Cc1ccccc1NC(=O)COc1ccc(/C=C(\C#N)C(=O)Nc2ccc(O)cc2)cc1Br. The standard InChI is InChI=1S/C25H20BrN3O4/c1-16-4-2-3-5-22(16)29-24(31)15-33-23-11-6-17(13-21(23)26)12-18(14-27)25(32)28-19-7-9-20(30)10-8-19/h2-13,30H,15H2,1H3,(H,28,32)(H,29,31)/b18-12+. The van der Waals surface area contributed by atoms with E-state index < -0.39 is 5.91 Å². The van der Waals surface area contributed by atoms with E-state index in [4.69, 9.17) is 4.74 Å². The zero-order valence-corrected chi connectivity index (χ0v) is 19.2.